The molecule has 1 aromatic rings. The minimum Gasteiger partial charge on any atom is -0.490 e. The highest BCUT2D eigenvalue weighted by molar-refractivity contribution is 5.77. The van der Waals surface area contributed by atoms with Crippen LogP contribution in [0.3, 0.4) is 0 Å². The van der Waals surface area contributed by atoms with Gasteiger partial charge in [0.1, 0.15) is 0 Å². The Hall–Kier alpha value is -2.05. The zero-order valence-corrected chi connectivity index (χ0v) is 12.2. The molecule has 0 aliphatic heterocycles. The lowest BCUT2D eigenvalue weighted by molar-refractivity contribution is -0.0514. The predicted octanol–water partition coefficient (Wildman–Crippen LogP) is 2.50. The van der Waals surface area contributed by atoms with Gasteiger partial charge in [0.2, 0.25) is 0 Å². The third-order valence-electron chi connectivity index (χ3n) is 2.51. The second-order valence-corrected chi connectivity index (χ2v) is 4.22. The van der Waals surface area contributed by atoms with Gasteiger partial charge in [0.15, 0.2) is 17.5 Å². The summed E-state index contributed by atoms with van der Waals surface area (Å²) in [5.74, 6) is 0.630. The molecular formula is C14H21F2N3O2. The van der Waals surface area contributed by atoms with Crippen LogP contribution >= 0.6 is 0 Å². The lowest BCUT2D eigenvalue weighted by Gasteiger charge is -2.12. The fraction of sp³-hybridized carbons (Fsp3) is 0.500. The molecule has 118 valence electrons. The lowest BCUT2D eigenvalue weighted by Crippen LogP contribution is -2.32. The van der Waals surface area contributed by atoms with Crippen molar-refractivity contribution in [3.63, 3.8) is 0 Å². The van der Waals surface area contributed by atoms with E-state index in [1.807, 2.05) is 6.92 Å². The van der Waals surface area contributed by atoms with Crippen molar-refractivity contribution in [1.82, 2.24) is 5.32 Å². The van der Waals surface area contributed by atoms with Crippen LogP contribution in [0, 0.1) is 0 Å². The Morgan fingerprint density at radius 2 is 2.10 bits per heavy atom. The van der Waals surface area contributed by atoms with Crippen LogP contribution in [-0.4, -0.2) is 25.7 Å². The number of alkyl halides is 2. The first-order chi connectivity index (χ1) is 10.1. The minimum absolute atomic E-state index is 0.0108. The van der Waals surface area contributed by atoms with Crippen LogP contribution in [0.4, 0.5) is 8.78 Å². The summed E-state index contributed by atoms with van der Waals surface area (Å²) in [7, 11) is 0. The Labute approximate surface area is 123 Å². The normalized spacial score (nSPS) is 11.6. The zero-order chi connectivity index (χ0) is 15.7. The van der Waals surface area contributed by atoms with Crippen LogP contribution < -0.4 is 20.5 Å². The number of nitrogens with two attached hydrogens (primary N) is 1. The molecular weight excluding hydrogens is 280 g/mol. The predicted molar refractivity (Wildman–Crippen MR) is 77.9 cm³/mol. The Morgan fingerprint density at radius 1 is 1.33 bits per heavy atom. The van der Waals surface area contributed by atoms with E-state index >= 15 is 0 Å². The van der Waals surface area contributed by atoms with Crippen LogP contribution in [0.1, 0.15) is 25.8 Å². The second-order valence-electron chi connectivity index (χ2n) is 4.22. The number of aliphatic imine (C=N–C) groups is 1. The number of hydrogen-bond donors (Lipinski definition) is 2. The van der Waals surface area contributed by atoms with Crippen molar-refractivity contribution < 1.29 is 18.3 Å². The van der Waals surface area contributed by atoms with Gasteiger partial charge in [0.25, 0.3) is 0 Å². The maximum Gasteiger partial charge on any atom is 0.387 e. The van der Waals surface area contributed by atoms with Crippen molar-refractivity contribution in [2.45, 2.75) is 33.4 Å². The van der Waals surface area contributed by atoms with Crippen LogP contribution in [0.5, 0.6) is 11.5 Å². The van der Waals surface area contributed by atoms with Gasteiger partial charge in [-0.25, -0.2) is 4.99 Å². The van der Waals surface area contributed by atoms with E-state index in [9.17, 15) is 8.78 Å². The number of benzene rings is 1. The summed E-state index contributed by atoms with van der Waals surface area (Å²) in [6.45, 7) is 2.34. The molecule has 0 spiro atoms. The molecule has 5 nitrogen and oxygen atoms in total. The van der Waals surface area contributed by atoms with Crippen molar-refractivity contribution >= 4 is 5.96 Å². The van der Waals surface area contributed by atoms with Gasteiger partial charge in [-0.15, -0.1) is 0 Å². The number of hydrogen-bond acceptors (Lipinski definition) is 3. The van der Waals surface area contributed by atoms with Gasteiger partial charge >= 0.3 is 6.61 Å². The molecule has 0 aliphatic carbocycles. The molecule has 21 heavy (non-hydrogen) atoms. The minimum atomic E-state index is -2.89. The standard InChI is InChI=1S/C14H21F2N3O2/c1-3-7-18-14(17)19-9-10-5-6-11(21-13(15)16)12(8-10)20-4-2/h5-6,8,13H,3-4,7,9H2,1-2H3,(H3,17,18,19). The molecule has 3 N–H and O–H groups in total. The van der Waals surface area contributed by atoms with E-state index in [2.05, 4.69) is 15.0 Å². The zero-order valence-electron chi connectivity index (χ0n) is 12.2. The van der Waals surface area contributed by atoms with Gasteiger partial charge < -0.3 is 20.5 Å². The maximum atomic E-state index is 12.3. The maximum absolute atomic E-state index is 12.3. The van der Waals surface area contributed by atoms with Crippen molar-refractivity contribution in [1.29, 1.82) is 0 Å². The molecule has 0 saturated carbocycles. The Balaban J connectivity index is 2.77. The number of nitrogens with zero attached hydrogens (tertiary/aromatic N) is 1. The van der Waals surface area contributed by atoms with Crippen molar-refractivity contribution in [3.8, 4) is 11.5 Å². The van der Waals surface area contributed by atoms with E-state index in [1.165, 1.54) is 6.07 Å². The first-order valence-electron chi connectivity index (χ1n) is 6.81. The molecule has 0 fully saturated rings. The molecule has 1 aromatic carbocycles. The molecule has 0 amide bonds. The Bertz CT molecular complexity index is 468. The molecule has 0 bridgehead atoms. The van der Waals surface area contributed by atoms with E-state index < -0.39 is 6.61 Å². The molecule has 1 rings (SSSR count). The second kappa shape index (κ2) is 8.99. The van der Waals surface area contributed by atoms with Gasteiger partial charge in [0, 0.05) is 6.54 Å². The van der Waals surface area contributed by atoms with Gasteiger partial charge in [0.05, 0.1) is 13.2 Å². The van der Waals surface area contributed by atoms with Gasteiger partial charge in [-0.2, -0.15) is 8.78 Å². The first-order valence-corrected chi connectivity index (χ1v) is 6.81. The first kappa shape index (κ1) is 17.0. The van der Waals surface area contributed by atoms with E-state index in [-0.39, 0.29) is 11.5 Å². The van der Waals surface area contributed by atoms with Crippen LogP contribution in [0.25, 0.3) is 0 Å². The molecule has 7 heteroatoms. The molecule has 0 aromatic heterocycles. The number of rotatable bonds is 8. The van der Waals surface area contributed by atoms with Crippen molar-refractivity contribution in [3.05, 3.63) is 23.8 Å². The molecule has 0 saturated heterocycles. The number of nitrogens with one attached hydrogen (secondary N) is 1. The molecule has 0 heterocycles. The summed E-state index contributed by atoms with van der Waals surface area (Å²) < 4.78 is 34.3. The average molecular weight is 301 g/mol. The SMILES string of the molecule is CCCNC(N)=NCc1ccc(OC(F)F)c(OCC)c1. The largest absolute Gasteiger partial charge is 0.490 e. The van der Waals surface area contributed by atoms with Crippen LogP contribution in [0.15, 0.2) is 23.2 Å². The average Bonchev–Trinajstić information content (AvgIpc) is 2.45. The van der Waals surface area contributed by atoms with Gasteiger partial charge in [-0.05, 0) is 31.0 Å². The van der Waals surface area contributed by atoms with Crippen molar-refractivity contribution in [2.75, 3.05) is 13.2 Å². The molecule has 0 atom stereocenters. The summed E-state index contributed by atoms with van der Waals surface area (Å²) in [4.78, 5) is 4.16. The van der Waals surface area contributed by atoms with Crippen molar-refractivity contribution in [2.24, 2.45) is 10.7 Å². The fourth-order valence-corrected chi connectivity index (χ4v) is 1.60. The summed E-state index contributed by atoms with van der Waals surface area (Å²) in [5.41, 5.74) is 6.48. The number of ether oxygens (including phenoxy) is 2. The summed E-state index contributed by atoms with van der Waals surface area (Å²) in [6.07, 6.45) is 0.949. The quantitative estimate of drug-likeness (QED) is 0.572. The third kappa shape index (κ3) is 6.29. The highest BCUT2D eigenvalue weighted by atomic mass is 19.3. The molecule has 0 unspecified atom stereocenters. The van der Waals surface area contributed by atoms with E-state index in [0.29, 0.717) is 19.1 Å². The lowest BCUT2D eigenvalue weighted by atomic mass is 10.2. The van der Waals surface area contributed by atoms with E-state index in [1.54, 1.807) is 19.1 Å². The van der Waals surface area contributed by atoms with Gasteiger partial charge in [-0.3, -0.25) is 0 Å². The van der Waals surface area contributed by atoms with Gasteiger partial charge in [-0.1, -0.05) is 13.0 Å². The molecule has 0 aliphatic rings. The Morgan fingerprint density at radius 3 is 2.71 bits per heavy atom. The van der Waals surface area contributed by atoms with E-state index in [4.69, 9.17) is 10.5 Å². The summed E-state index contributed by atoms with van der Waals surface area (Å²) in [6, 6.07) is 4.71. The smallest absolute Gasteiger partial charge is 0.387 e. The number of halogens is 2. The topological polar surface area (TPSA) is 68.9 Å². The highest BCUT2D eigenvalue weighted by Gasteiger charge is 2.11. The third-order valence-corrected chi connectivity index (χ3v) is 2.51. The van der Waals surface area contributed by atoms with E-state index in [0.717, 1.165) is 18.5 Å². The highest BCUT2D eigenvalue weighted by Crippen LogP contribution is 2.30. The number of guanidine groups is 1. The summed E-state index contributed by atoms with van der Waals surface area (Å²) >= 11 is 0. The Kier molecular flexibility index (Phi) is 7.28. The van der Waals surface area contributed by atoms with Crippen LogP contribution in [0.2, 0.25) is 0 Å². The molecule has 0 radical (unpaired) electrons. The fourth-order valence-electron chi connectivity index (χ4n) is 1.60. The monoisotopic (exact) mass is 301 g/mol. The summed E-state index contributed by atoms with van der Waals surface area (Å²) in [5, 5.41) is 2.95. The van der Waals surface area contributed by atoms with Crippen LogP contribution in [-0.2, 0) is 6.54 Å².